The highest BCUT2D eigenvalue weighted by Gasteiger charge is 2.27. The van der Waals surface area contributed by atoms with Crippen LogP contribution in [0.2, 0.25) is 0 Å². The van der Waals surface area contributed by atoms with Gasteiger partial charge in [0.1, 0.15) is 0 Å². The second-order valence-electron chi connectivity index (χ2n) is 7.80. The molecule has 0 fully saturated rings. The lowest BCUT2D eigenvalue weighted by Crippen LogP contribution is -2.46. The van der Waals surface area contributed by atoms with Crippen LogP contribution >= 0.6 is 23.1 Å². The van der Waals surface area contributed by atoms with Crippen LogP contribution < -0.4 is 5.32 Å². The van der Waals surface area contributed by atoms with Crippen LogP contribution in [-0.2, 0) is 11.8 Å². The molecule has 2 rings (SSSR count). The van der Waals surface area contributed by atoms with Crippen molar-refractivity contribution >= 4 is 29.0 Å². The van der Waals surface area contributed by atoms with Gasteiger partial charge in [0.05, 0.1) is 10.6 Å². The van der Waals surface area contributed by atoms with Gasteiger partial charge in [-0.1, -0.05) is 38.6 Å². The lowest BCUT2D eigenvalue weighted by atomic mass is 9.82. The van der Waals surface area contributed by atoms with Gasteiger partial charge in [-0.3, -0.25) is 4.79 Å². The molecule has 24 heavy (non-hydrogen) atoms. The molecule has 0 aliphatic heterocycles. The molecule has 0 aliphatic rings. The maximum absolute atomic E-state index is 12.3. The molecule has 0 atom stereocenters. The van der Waals surface area contributed by atoms with E-state index in [0.717, 1.165) is 22.3 Å². The highest BCUT2D eigenvalue weighted by Crippen LogP contribution is 2.28. The van der Waals surface area contributed by atoms with Crippen molar-refractivity contribution in [1.82, 2.24) is 20.1 Å². The third-order valence-corrected chi connectivity index (χ3v) is 5.24. The minimum Gasteiger partial charge on any atom is -0.350 e. The van der Waals surface area contributed by atoms with Gasteiger partial charge in [-0.05, 0) is 37.1 Å². The average molecular weight is 367 g/mol. The topological polar surface area (TPSA) is 59.8 Å². The fraction of sp³-hybridized carbons (Fsp3) is 0.588. The largest absolute Gasteiger partial charge is 0.350 e. The van der Waals surface area contributed by atoms with E-state index in [1.807, 2.05) is 29.1 Å². The summed E-state index contributed by atoms with van der Waals surface area (Å²) in [4.78, 5) is 13.4. The number of amides is 1. The van der Waals surface area contributed by atoms with E-state index in [2.05, 4.69) is 50.1 Å². The van der Waals surface area contributed by atoms with Crippen LogP contribution in [0.5, 0.6) is 0 Å². The number of nitrogens with zero attached hydrogens (tertiary/aromatic N) is 3. The number of aromatic nitrogens is 3. The first-order valence-electron chi connectivity index (χ1n) is 7.94. The SMILES string of the molecule is Cn1c(SCC(=O)NC(C)(C)CC(C)(C)C)nnc1-c1cccs1. The summed E-state index contributed by atoms with van der Waals surface area (Å²) in [5.41, 5.74) is -0.0545. The summed E-state index contributed by atoms with van der Waals surface area (Å²) in [6.45, 7) is 10.7. The summed E-state index contributed by atoms with van der Waals surface area (Å²) in [7, 11) is 1.93. The molecule has 0 saturated carbocycles. The highest BCUT2D eigenvalue weighted by atomic mass is 32.2. The summed E-state index contributed by atoms with van der Waals surface area (Å²) in [6.07, 6.45) is 0.920. The first-order chi connectivity index (χ1) is 11.1. The van der Waals surface area contributed by atoms with Crippen molar-refractivity contribution in [2.45, 2.75) is 51.7 Å². The van der Waals surface area contributed by atoms with Crippen LogP contribution in [0.4, 0.5) is 0 Å². The van der Waals surface area contributed by atoms with Crippen molar-refractivity contribution in [1.29, 1.82) is 0 Å². The predicted octanol–water partition coefficient (Wildman–Crippen LogP) is 3.97. The Labute approximate surface area is 152 Å². The van der Waals surface area contributed by atoms with Crippen molar-refractivity contribution in [2.24, 2.45) is 12.5 Å². The number of thiophene rings is 1. The lowest BCUT2D eigenvalue weighted by Gasteiger charge is -2.33. The predicted molar refractivity (Wildman–Crippen MR) is 101 cm³/mol. The molecule has 2 heterocycles. The van der Waals surface area contributed by atoms with Crippen molar-refractivity contribution in [3.63, 3.8) is 0 Å². The first-order valence-corrected chi connectivity index (χ1v) is 9.81. The quantitative estimate of drug-likeness (QED) is 0.786. The van der Waals surface area contributed by atoms with Gasteiger partial charge in [0.2, 0.25) is 5.91 Å². The van der Waals surface area contributed by atoms with Crippen LogP contribution in [-0.4, -0.2) is 32.0 Å². The van der Waals surface area contributed by atoms with Gasteiger partial charge in [-0.2, -0.15) is 0 Å². The smallest absolute Gasteiger partial charge is 0.230 e. The zero-order valence-corrected chi connectivity index (χ0v) is 16.8. The Bertz CT molecular complexity index is 684. The van der Waals surface area contributed by atoms with Gasteiger partial charge in [-0.25, -0.2) is 0 Å². The first kappa shape index (κ1) is 19.0. The Morgan fingerprint density at radius 3 is 2.58 bits per heavy atom. The molecule has 0 radical (unpaired) electrons. The van der Waals surface area contributed by atoms with E-state index < -0.39 is 0 Å². The van der Waals surface area contributed by atoms with Crippen molar-refractivity contribution in [3.05, 3.63) is 17.5 Å². The molecule has 132 valence electrons. The van der Waals surface area contributed by atoms with Crippen LogP contribution in [0.3, 0.4) is 0 Å². The number of rotatable bonds is 6. The van der Waals surface area contributed by atoms with Gasteiger partial charge in [0.15, 0.2) is 11.0 Å². The van der Waals surface area contributed by atoms with E-state index in [-0.39, 0.29) is 16.9 Å². The Hall–Kier alpha value is -1.34. The van der Waals surface area contributed by atoms with E-state index >= 15 is 0 Å². The second kappa shape index (κ2) is 7.27. The molecule has 0 bridgehead atoms. The van der Waals surface area contributed by atoms with Crippen LogP contribution in [0.15, 0.2) is 22.7 Å². The number of nitrogens with one attached hydrogen (secondary N) is 1. The second-order valence-corrected chi connectivity index (χ2v) is 9.69. The third-order valence-electron chi connectivity index (χ3n) is 3.36. The molecule has 7 heteroatoms. The van der Waals surface area contributed by atoms with Gasteiger partial charge >= 0.3 is 0 Å². The number of thioether (sulfide) groups is 1. The van der Waals surface area contributed by atoms with Crippen LogP contribution in [0.1, 0.15) is 41.0 Å². The maximum atomic E-state index is 12.3. The van der Waals surface area contributed by atoms with E-state index in [1.165, 1.54) is 11.8 Å². The Morgan fingerprint density at radius 2 is 2.00 bits per heavy atom. The van der Waals surface area contributed by atoms with Crippen LogP contribution in [0.25, 0.3) is 10.7 Å². The van der Waals surface area contributed by atoms with Gasteiger partial charge in [0.25, 0.3) is 0 Å². The number of hydrogen-bond donors (Lipinski definition) is 1. The van der Waals surface area contributed by atoms with E-state index in [1.54, 1.807) is 11.3 Å². The minimum atomic E-state index is -0.224. The number of carbonyl (C=O) groups excluding carboxylic acids is 1. The monoisotopic (exact) mass is 366 g/mol. The molecule has 0 spiro atoms. The maximum Gasteiger partial charge on any atom is 0.230 e. The fourth-order valence-corrected chi connectivity index (χ4v) is 4.43. The summed E-state index contributed by atoms with van der Waals surface area (Å²) in [5.74, 6) is 1.19. The van der Waals surface area contributed by atoms with Gasteiger partial charge in [-0.15, -0.1) is 21.5 Å². The van der Waals surface area contributed by atoms with E-state index in [0.29, 0.717) is 5.75 Å². The Kier molecular flexibility index (Phi) is 5.75. The fourth-order valence-electron chi connectivity index (χ4n) is 2.97. The molecule has 0 aliphatic carbocycles. The summed E-state index contributed by atoms with van der Waals surface area (Å²) < 4.78 is 1.93. The normalized spacial score (nSPS) is 12.4. The third kappa shape index (κ3) is 5.34. The Balaban J connectivity index is 1.93. The van der Waals surface area contributed by atoms with Gasteiger partial charge in [0, 0.05) is 12.6 Å². The van der Waals surface area contributed by atoms with Crippen molar-refractivity contribution in [3.8, 4) is 10.7 Å². The molecular weight excluding hydrogens is 340 g/mol. The van der Waals surface area contributed by atoms with Gasteiger partial charge < -0.3 is 9.88 Å². The standard InChI is InChI=1S/C17H26N4OS2/c1-16(2,3)11-17(4,5)18-13(22)10-24-15-20-19-14(21(15)6)12-8-7-9-23-12/h7-9H,10-11H2,1-6H3,(H,18,22). The Morgan fingerprint density at radius 1 is 1.29 bits per heavy atom. The molecular formula is C17H26N4OS2. The molecule has 0 unspecified atom stereocenters. The molecule has 1 amide bonds. The van der Waals surface area contributed by atoms with Crippen molar-refractivity contribution in [2.75, 3.05) is 5.75 Å². The molecule has 2 aromatic heterocycles. The zero-order valence-electron chi connectivity index (χ0n) is 15.2. The summed E-state index contributed by atoms with van der Waals surface area (Å²) in [6, 6.07) is 4.01. The lowest BCUT2D eigenvalue weighted by molar-refractivity contribution is -0.120. The number of carbonyl (C=O) groups is 1. The molecule has 2 aromatic rings. The zero-order chi connectivity index (χ0) is 18.0. The summed E-state index contributed by atoms with van der Waals surface area (Å²) in [5, 5.41) is 14.3. The molecule has 0 aromatic carbocycles. The molecule has 1 N–H and O–H groups in total. The van der Waals surface area contributed by atoms with Crippen molar-refractivity contribution < 1.29 is 4.79 Å². The molecule has 5 nitrogen and oxygen atoms in total. The summed E-state index contributed by atoms with van der Waals surface area (Å²) >= 11 is 3.04. The van der Waals surface area contributed by atoms with E-state index in [9.17, 15) is 4.79 Å². The molecule has 0 saturated heterocycles. The number of hydrogen-bond acceptors (Lipinski definition) is 5. The van der Waals surface area contributed by atoms with E-state index in [4.69, 9.17) is 0 Å². The average Bonchev–Trinajstić information content (AvgIpc) is 3.02. The van der Waals surface area contributed by atoms with Crippen LogP contribution in [0, 0.1) is 5.41 Å². The highest BCUT2D eigenvalue weighted by molar-refractivity contribution is 7.99. The minimum absolute atomic E-state index is 0.0231.